The molecule has 0 aliphatic carbocycles. The summed E-state index contributed by atoms with van der Waals surface area (Å²) < 4.78 is 60.3. The Morgan fingerprint density at radius 2 is 1.68 bits per heavy atom. The summed E-state index contributed by atoms with van der Waals surface area (Å²) in [6, 6.07) is 2.81. The topological polar surface area (TPSA) is 106 Å². The van der Waals surface area contributed by atoms with Crippen LogP contribution in [0.3, 0.4) is 0 Å². The van der Waals surface area contributed by atoms with Crippen LogP contribution in [0.4, 0.5) is 10.1 Å². The summed E-state index contributed by atoms with van der Waals surface area (Å²) >= 11 is 0. The molecule has 0 heterocycles. The van der Waals surface area contributed by atoms with Gasteiger partial charge < -0.3 is 0 Å². The Labute approximate surface area is 111 Å². The Morgan fingerprint density at radius 3 is 2.05 bits per heavy atom. The van der Waals surface area contributed by atoms with Crippen LogP contribution in [0.25, 0.3) is 0 Å². The molecule has 108 valence electrons. The van der Waals surface area contributed by atoms with E-state index in [-0.39, 0.29) is 5.69 Å². The van der Waals surface area contributed by atoms with Crippen LogP contribution < -0.4 is 9.86 Å². The first kappa shape index (κ1) is 15.9. The smallest absolute Gasteiger partial charge is 0.240 e. The van der Waals surface area contributed by atoms with E-state index in [1.807, 2.05) is 0 Å². The van der Waals surface area contributed by atoms with Crippen molar-refractivity contribution in [1.82, 2.24) is 0 Å². The van der Waals surface area contributed by atoms with Gasteiger partial charge in [-0.25, -0.2) is 26.4 Å². The van der Waals surface area contributed by atoms with Gasteiger partial charge in [-0.2, -0.15) is 0 Å². The lowest BCUT2D eigenvalue weighted by atomic mass is 10.3. The Hall–Kier alpha value is -1.19. The van der Waals surface area contributed by atoms with Crippen molar-refractivity contribution in [3.05, 3.63) is 24.0 Å². The molecular weight excluding hydrogens is 295 g/mol. The maximum absolute atomic E-state index is 13.5. The summed E-state index contributed by atoms with van der Waals surface area (Å²) in [5.41, 5.74) is -0.0696. The van der Waals surface area contributed by atoms with Crippen molar-refractivity contribution in [2.45, 2.75) is 30.4 Å². The molecule has 0 bridgehead atoms. The zero-order valence-electron chi connectivity index (χ0n) is 10.6. The lowest BCUT2D eigenvalue weighted by Gasteiger charge is -2.20. The minimum Gasteiger partial charge on any atom is -0.283 e. The van der Waals surface area contributed by atoms with Gasteiger partial charge in [0.15, 0.2) is 0 Å². The average Bonchev–Trinajstić information content (AvgIpc) is 2.12. The third kappa shape index (κ3) is 3.64. The van der Waals surface area contributed by atoms with E-state index in [1.165, 1.54) is 20.8 Å². The van der Waals surface area contributed by atoms with Crippen molar-refractivity contribution in [2.75, 3.05) is 4.72 Å². The SMILES string of the molecule is CC(C)(C)S(=O)(=O)Nc1ccc(S(N)(=O)=O)c(F)c1. The summed E-state index contributed by atoms with van der Waals surface area (Å²) in [5, 5.41) is 4.80. The number of nitrogens with two attached hydrogens (primary N) is 1. The molecule has 1 aromatic carbocycles. The summed E-state index contributed by atoms with van der Waals surface area (Å²) in [5.74, 6) is -1.11. The fourth-order valence-electron chi connectivity index (χ4n) is 1.10. The molecule has 1 rings (SSSR count). The first-order valence-corrected chi connectivity index (χ1v) is 8.22. The van der Waals surface area contributed by atoms with E-state index in [4.69, 9.17) is 5.14 Å². The van der Waals surface area contributed by atoms with Gasteiger partial charge in [-0.1, -0.05) is 0 Å². The second-order valence-corrected chi connectivity index (χ2v) is 8.87. The predicted molar refractivity (Wildman–Crippen MR) is 70.1 cm³/mol. The number of anilines is 1. The van der Waals surface area contributed by atoms with E-state index in [9.17, 15) is 21.2 Å². The highest BCUT2D eigenvalue weighted by molar-refractivity contribution is 7.94. The van der Waals surface area contributed by atoms with E-state index < -0.39 is 35.5 Å². The third-order valence-electron chi connectivity index (χ3n) is 2.30. The lowest BCUT2D eigenvalue weighted by molar-refractivity contribution is 0.565. The van der Waals surface area contributed by atoms with E-state index in [1.54, 1.807) is 0 Å². The number of sulfonamides is 2. The molecule has 0 radical (unpaired) electrons. The molecule has 6 nitrogen and oxygen atoms in total. The van der Waals surface area contributed by atoms with Gasteiger partial charge in [0, 0.05) is 0 Å². The second-order valence-electron chi connectivity index (χ2n) is 4.91. The Kier molecular flexibility index (Phi) is 3.95. The van der Waals surface area contributed by atoms with Crippen molar-refractivity contribution < 1.29 is 21.2 Å². The van der Waals surface area contributed by atoms with Crippen LogP contribution in [0.5, 0.6) is 0 Å². The Morgan fingerprint density at radius 1 is 1.16 bits per heavy atom. The molecular formula is C10H15FN2O4S2. The van der Waals surface area contributed by atoms with Gasteiger partial charge in [0.1, 0.15) is 10.7 Å². The van der Waals surface area contributed by atoms with Gasteiger partial charge in [0.2, 0.25) is 20.0 Å². The lowest BCUT2D eigenvalue weighted by Crippen LogP contribution is -2.33. The van der Waals surface area contributed by atoms with Crippen molar-refractivity contribution in [3.8, 4) is 0 Å². The summed E-state index contributed by atoms with van der Waals surface area (Å²) in [6.45, 7) is 4.43. The fraction of sp³-hybridized carbons (Fsp3) is 0.400. The van der Waals surface area contributed by atoms with Crippen LogP contribution >= 0.6 is 0 Å². The molecule has 0 amide bonds. The number of hydrogen-bond acceptors (Lipinski definition) is 4. The molecule has 19 heavy (non-hydrogen) atoms. The van der Waals surface area contributed by atoms with E-state index in [2.05, 4.69) is 4.72 Å². The third-order valence-corrected chi connectivity index (χ3v) is 5.36. The first-order valence-electron chi connectivity index (χ1n) is 5.19. The summed E-state index contributed by atoms with van der Waals surface area (Å²) in [7, 11) is -7.89. The van der Waals surface area contributed by atoms with Gasteiger partial charge in [-0.3, -0.25) is 4.72 Å². The maximum atomic E-state index is 13.5. The summed E-state index contributed by atoms with van der Waals surface area (Å²) in [4.78, 5) is -0.689. The minimum atomic E-state index is -4.17. The highest BCUT2D eigenvalue weighted by Crippen LogP contribution is 2.22. The molecule has 0 aliphatic rings. The van der Waals surface area contributed by atoms with Gasteiger partial charge >= 0.3 is 0 Å². The second kappa shape index (κ2) is 4.73. The number of hydrogen-bond donors (Lipinski definition) is 2. The predicted octanol–water partition coefficient (Wildman–Crippen LogP) is 1.01. The number of halogens is 1. The maximum Gasteiger partial charge on any atom is 0.240 e. The van der Waals surface area contributed by atoms with Gasteiger partial charge in [-0.15, -0.1) is 0 Å². The van der Waals surface area contributed by atoms with Crippen LogP contribution in [0.1, 0.15) is 20.8 Å². The normalized spacial score (nSPS) is 13.3. The molecule has 0 saturated carbocycles. The Balaban J connectivity index is 3.19. The molecule has 0 saturated heterocycles. The number of benzene rings is 1. The first-order chi connectivity index (χ1) is 8.34. The molecule has 0 aliphatic heterocycles. The van der Waals surface area contributed by atoms with Crippen LogP contribution in [0, 0.1) is 5.82 Å². The van der Waals surface area contributed by atoms with Crippen LogP contribution in [0.15, 0.2) is 23.1 Å². The molecule has 0 spiro atoms. The molecule has 0 atom stereocenters. The largest absolute Gasteiger partial charge is 0.283 e. The van der Waals surface area contributed by atoms with Gasteiger partial charge in [-0.05, 0) is 39.0 Å². The number of primary sulfonamides is 1. The monoisotopic (exact) mass is 310 g/mol. The number of nitrogens with one attached hydrogen (secondary N) is 1. The van der Waals surface area contributed by atoms with Crippen LogP contribution in [-0.2, 0) is 20.0 Å². The van der Waals surface area contributed by atoms with Crippen molar-refractivity contribution >= 4 is 25.7 Å². The van der Waals surface area contributed by atoms with Crippen molar-refractivity contribution in [2.24, 2.45) is 5.14 Å². The molecule has 3 N–H and O–H groups in total. The van der Waals surface area contributed by atoms with Crippen LogP contribution in [-0.4, -0.2) is 21.6 Å². The van der Waals surface area contributed by atoms with Crippen molar-refractivity contribution in [3.63, 3.8) is 0 Å². The molecule has 0 unspecified atom stereocenters. The highest BCUT2D eigenvalue weighted by Gasteiger charge is 2.29. The zero-order chi connectivity index (χ0) is 15.1. The molecule has 0 fully saturated rings. The zero-order valence-corrected chi connectivity index (χ0v) is 12.3. The van der Waals surface area contributed by atoms with Crippen molar-refractivity contribution in [1.29, 1.82) is 0 Å². The van der Waals surface area contributed by atoms with E-state index in [0.717, 1.165) is 18.2 Å². The van der Waals surface area contributed by atoms with E-state index in [0.29, 0.717) is 0 Å². The van der Waals surface area contributed by atoms with Crippen LogP contribution in [0.2, 0.25) is 0 Å². The quantitative estimate of drug-likeness (QED) is 0.869. The average molecular weight is 310 g/mol. The standard InChI is InChI=1S/C10H15FN2O4S2/c1-10(2,3)19(16,17)13-7-4-5-9(8(11)6-7)18(12,14)15/h4-6,13H,1-3H3,(H2,12,14,15). The van der Waals surface area contributed by atoms with E-state index >= 15 is 0 Å². The molecule has 0 aromatic heterocycles. The number of rotatable bonds is 3. The summed E-state index contributed by atoms with van der Waals surface area (Å²) in [6.07, 6.45) is 0. The highest BCUT2D eigenvalue weighted by atomic mass is 32.2. The molecule has 9 heteroatoms. The van der Waals surface area contributed by atoms with Gasteiger partial charge in [0.25, 0.3) is 0 Å². The molecule has 1 aromatic rings. The fourth-order valence-corrected chi connectivity index (χ4v) is 2.44. The Bertz CT molecular complexity index is 691. The minimum absolute atomic E-state index is 0.0696. The van der Waals surface area contributed by atoms with Gasteiger partial charge in [0.05, 0.1) is 10.4 Å².